The maximum absolute atomic E-state index is 13.9. The Hall–Kier alpha value is -3.69. The van der Waals surface area contributed by atoms with E-state index in [1.165, 1.54) is 47.4 Å². The average Bonchev–Trinajstić information content (AvgIpc) is 3.32. The van der Waals surface area contributed by atoms with Gasteiger partial charge in [0.05, 0.1) is 17.0 Å². The first-order valence-corrected chi connectivity index (χ1v) is 12.1. The SMILES string of the molecule is O=C(CSc1nc(-c2ccccc2)nc2ccc(F)cc12)Nc1nc(-c2ccc(F)cc2)cs1. The van der Waals surface area contributed by atoms with Gasteiger partial charge in [0.1, 0.15) is 16.7 Å². The molecule has 3 aromatic carbocycles. The standard InChI is InChI=1S/C25H16F2N4OS2/c26-17-8-6-15(7-9-17)21-13-34-25(29-21)30-22(32)14-33-24-19-12-18(27)10-11-20(19)28-23(31-24)16-4-2-1-3-5-16/h1-13H,14H2,(H,29,30,32). The minimum Gasteiger partial charge on any atom is -0.301 e. The largest absolute Gasteiger partial charge is 0.301 e. The smallest absolute Gasteiger partial charge is 0.236 e. The van der Waals surface area contributed by atoms with Gasteiger partial charge in [0.25, 0.3) is 0 Å². The number of carbonyl (C=O) groups excluding carboxylic acids is 1. The van der Waals surface area contributed by atoms with Crippen molar-refractivity contribution in [2.45, 2.75) is 5.03 Å². The van der Waals surface area contributed by atoms with Gasteiger partial charge in [-0.1, -0.05) is 42.1 Å². The van der Waals surface area contributed by atoms with E-state index in [-0.39, 0.29) is 17.5 Å². The Morgan fingerprint density at radius 1 is 0.882 bits per heavy atom. The molecule has 0 aliphatic carbocycles. The molecule has 2 heterocycles. The van der Waals surface area contributed by atoms with Gasteiger partial charge in [-0.15, -0.1) is 11.3 Å². The van der Waals surface area contributed by atoms with Gasteiger partial charge in [-0.25, -0.2) is 23.7 Å². The van der Waals surface area contributed by atoms with Crippen LogP contribution in [-0.4, -0.2) is 26.6 Å². The third-order valence-corrected chi connectivity index (χ3v) is 6.63. The molecule has 5 nitrogen and oxygen atoms in total. The van der Waals surface area contributed by atoms with Gasteiger partial charge in [0, 0.05) is 21.9 Å². The normalized spacial score (nSPS) is 11.0. The molecule has 0 spiro atoms. The summed E-state index contributed by atoms with van der Waals surface area (Å²) in [4.78, 5) is 26.2. The number of halogens is 2. The highest BCUT2D eigenvalue weighted by Gasteiger charge is 2.14. The van der Waals surface area contributed by atoms with E-state index in [0.717, 1.165) is 11.1 Å². The van der Waals surface area contributed by atoms with E-state index >= 15 is 0 Å². The summed E-state index contributed by atoms with van der Waals surface area (Å²) >= 11 is 2.49. The zero-order chi connectivity index (χ0) is 23.5. The lowest BCUT2D eigenvalue weighted by atomic mass is 10.2. The van der Waals surface area contributed by atoms with Crippen LogP contribution in [0.5, 0.6) is 0 Å². The molecule has 2 aromatic heterocycles. The first-order chi connectivity index (χ1) is 16.5. The third-order valence-electron chi connectivity index (χ3n) is 4.89. The highest BCUT2D eigenvalue weighted by atomic mass is 32.2. The summed E-state index contributed by atoms with van der Waals surface area (Å²) in [5, 5.41) is 6.07. The number of thioether (sulfide) groups is 1. The van der Waals surface area contributed by atoms with Crippen LogP contribution < -0.4 is 5.32 Å². The number of aromatic nitrogens is 3. The second-order valence-electron chi connectivity index (χ2n) is 7.26. The Labute approximate surface area is 201 Å². The monoisotopic (exact) mass is 490 g/mol. The van der Waals surface area contributed by atoms with Gasteiger partial charge in [-0.2, -0.15) is 0 Å². The molecule has 1 amide bonds. The number of rotatable bonds is 6. The van der Waals surface area contributed by atoms with Crippen molar-refractivity contribution in [3.05, 3.63) is 89.8 Å². The molecule has 0 unspecified atom stereocenters. The number of amides is 1. The summed E-state index contributed by atoms with van der Waals surface area (Å²) < 4.78 is 27.1. The first kappa shape index (κ1) is 22.1. The minimum absolute atomic E-state index is 0.0579. The molecule has 0 atom stereocenters. The lowest BCUT2D eigenvalue weighted by molar-refractivity contribution is -0.113. The fraction of sp³-hybridized carbons (Fsp3) is 0.0400. The minimum atomic E-state index is -0.397. The van der Waals surface area contributed by atoms with Crippen molar-refractivity contribution < 1.29 is 13.6 Å². The van der Waals surface area contributed by atoms with E-state index in [4.69, 9.17) is 0 Å². The van der Waals surface area contributed by atoms with Crippen LogP contribution in [-0.2, 0) is 4.79 Å². The molecule has 5 aromatic rings. The Balaban J connectivity index is 1.34. The maximum Gasteiger partial charge on any atom is 0.236 e. The zero-order valence-electron chi connectivity index (χ0n) is 17.5. The number of anilines is 1. The van der Waals surface area contributed by atoms with Crippen molar-refractivity contribution in [1.29, 1.82) is 0 Å². The lowest BCUT2D eigenvalue weighted by Gasteiger charge is -2.09. The van der Waals surface area contributed by atoms with Crippen molar-refractivity contribution in [1.82, 2.24) is 15.0 Å². The molecule has 0 fully saturated rings. The zero-order valence-corrected chi connectivity index (χ0v) is 19.2. The Kier molecular flexibility index (Phi) is 6.29. The van der Waals surface area contributed by atoms with Crippen molar-refractivity contribution in [3.63, 3.8) is 0 Å². The summed E-state index contributed by atoms with van der Waals surface area (Å²) in [7, 11) is 0. The molecular weight excluding hydrogens is 474 g/mol. The van der Waals surface area contributed by atoms with Crippen LogP contribution in [0.15, 0.2) is 83.2 Å². The van der Waals surface area contributed by atoms with Crippen molar-refractivity contribution in [3.8, 4) is 22.6 Å². The van der Waals surface area contributed by atoms with E-state index < -0.39 is 5.82 Å². The second-order valence-corrected chi connectivity index (χ2v) is 9.08. The highest BCUT2D eigenvalue weighted by molar-refractivity contribution is 8.00. The number of benzene rings is 3. The van der Waals surface area contributed by atoms with E-state index in [1.807, 2.05) is 30.3 Å². The van der Waals surface area contributed by atoms with Crippen LogP contribution >= 0.6 is 23.1 Å². The van der Waals surface area contributed by atoms with Crippen LogP contribution in [0.3, 0.4) is 0 Å². The predicted octanol–water partition coefficient (Wildman–Crippen LogP) is 6.43. The summed E-state index contributed by atoms with van der Waals surface area (Å²) in [6.07, 6.45) is 0. The molecule has 0 saturated heterocycles. The van der Waals surface area contributed by atoms with Gasteiger partial charge in [0.15, 0.2) is 11.0 Å². The van der Waals surface area contributed by atoms with E-state index in [0.29, 0.717) is 32.6 Å². The average molecular weight is 491 g/mol. The highest BCUT2D eigenvalue weighted by Crippen LogP contribution is 2.30. The third kappa shape index (κ3) is 4.95. The second kappa shape index (κ2) is 9.66. The van der Waals surface area contributed by atoms with Crippen molar-refractivity contribution in [2.24, 2.45) is 0 Å². The number of thiazole rings is 1. The number of fused-ring (bicyclic) bond motifs is 1. The molecule has 0 aliphatic heterocycles. The number of hydrogen-bond donors (Lipinski definition) is 1. The molecule has 0 saturated carbocycles. The van der Waals surface area contributed by atoms with Gasteiger partial charge < -0.3 is 5.32 Å². The van der Waals surface area contributed by atoms with Crippen LogP contribution in [0.4, 0.5) is 13.9 Å². The fourth-order valence-corrected chi connectivity index (χ4v) is 4.82. The van der Waals surface area contributed by atoms with E-state index in [2.05, 4.69) is 20.3 Å². The topological polar surface area (TPSA) is 67.8 Å². The number of hydrogen-bond acceptors (Lipinski definition) is 6. The lowest BCUT2D eigenvalue weighted by Crippen LogP contribution is -2.14. The first-order valence-electron chi connectivity index (χ1n) is 10.2. The van der Waals surface area contributed by atoms with E-state index in [1.54, 1.807) is 23.6 Å². The van der Waals surface area contributed by atoms with Crippen LogP contribution in [0.25, 0.3) is 33.5 Å². The number of nitrogens with zero attached hydrogens (tertiary/aromatic N) is 3. The molecule has 9 heteroatoms. The number of carbonyl (C=O) groups is 1. The molecule has 0 aliphatic rings. The summed E-state index contributed by atoms with van der Waals surface area (Å²) in [6, 6.07) is 19.8. The molecule has 5 rings (SSSR count). The molecule has 34 heavy (non-hydrogen) atoms. The molecular formula is C25H16F2N4OS2. The summed E-state index contributed by atoms with van der Waals surface area (Å²) in [5.74, 6) is -0.425. The van der Waals surface area contributed by atoms with Crippen LogP contribution in [0.2, 0.25) is 0 Å². The Morgan fingerprint density at radius 3 is 2.44 bits per heavy atom. The fourth-order valence-electron chi connectivity index (χ4n) is 3.27. The van der Waals surface area contributed by atoms with Gasteiger partial charge in [-0.3, -0.25) is 4.79 Å². The molecule has 0 bridgehead atoms. The van der Waals surface area contributed by atoms with Crippen LogP contribution in [0.1, 0.15) is 0 Å². The van der Waals surface area contributed by atoms with Crippen molar-refractivity contribution in [2.75, 3.05) is 11.1 Å². The van der Waals surface area contributed by atoms with Gasteiger partial charge in [0.2, 0.25) is 5.91 Å². The maximum atomic E-state index is 13.9. The van der Waals surface area contributed by atoms with Gasteiger partial charge in [-0.05, 0) is 42.5 Å². The summed E-state index contributed by atoms with van der Waals surface area (Å²) in [5.41, 5.74) is 2.84. The van der Waals surface area contributed by atoms with E-state index in [9.17, 15) is 13.6 Å². The van der Waals surface area contributed by atoms with Crippen molar-refractivity contribution >= 4 is 45.0 Å². The Morgan fingerprint density at radius 2 is 1.65 bits per heavy atom. The molecule has 1 N–H and O–H groups in total. The predicted molar refractivity (Wildman–Crippen MR) is 132 cm³/mol. The number of nitrogens with one attached hydrogen (secondary N) is 1. The molecule has 0 radical (unpaired) electrons. The molecule has 168 valence electrons. The summed E-state index contributed by atoms with van der Waals surface area (Å²) in [6.45, 7) is 0. The van der Waals surface area contributed by atoms with Crippen LogP contribution in [0, 0.1) is 11.6 Å². The van der Waals surface area contributed by atoms with Gasteiger partial charge >= 0.3 is 0 Å². The Bertz CT molecular complexity index is 1470. The quantitative estimate of drug-likeness (QED) is 0.219.